The fourth-order valence-corrected chi connectivity index (χ4v) is 5.00. The van der Waals surface area contributed by atoms with Crippen molar-refractivity contribution in [2.24, 2.45) is 22.9 Å². The molecule has 0 saturated carbocycles. The first-order valence-corrected chi connectivity index (χ1v) is 18.2. The highest BCUT2D eigenvalue weighted by Gasteiger charge is 2.22. The number of allylic oxidation sites excluding steroid dienone is 1. The van der Waals surface area contributed by atoms with Crippen molar-refractivity contribution in [3.8, 4) is 0 Å². The summed E-state index contributed by atoms with van der Waals surface area (Å²) >= 11 is 0. The van der Waals surface area contributed by atoms with E-state index in [0.717, 1.165) is 75.5 Å². The number of H-pyrrole nitrogens is 1. The maximum atomic E-state index is 12.4. The van der Waals surface area contributed by atoms with Crippen LogP contribution in [0.15, 0.2) is 11.3 Å². The average Bonchev–Trinajstić information content (AvgIpc) is 3.45. The van der Waals surface area contributed by atoms with Crippen molar-refractivity contribution in [2.75, 3.05) is 7.05 Å². The van der Waals surface area contributed by atoms with Crippen LogP contribution in [-0.2, 0) is 17.6 Å². The maximum Gasteiger partial charge on any atom is 0.269 e. The summed E-state index contributed by atoms with van der Waals surface area (Å²) in [6.07, 6.45) is 17.0. The van der Waals surface area contributed by atoms with Gasteiger partial charge in [0, 0.05) is 35.8 Å². The van der Waals surface area contributed by atoms with Gasteiger partial charge in [-0.05, 0) is 70.3 Å². The molecule has 1 heterocycles. The molecule has 2 amide bonds. The normalized spacial score (nSPS) is 15.6. The Labute approximate surface area is 289 Å². The number of hydrogen-bond donors (Lipinski definition) is 7. The van der Waals surface area contributed by atoms with Gasteiger partial charge in [-0.15, -0.1) is 0 Å². The van der Waals surface area contributed by atoms with Gasteiger partial charge in [-0.2, -0.15) is 5.10 Å². The molecular formula is C36H70F2N8O2. The largest absolute Gasteiger partial charge is 0.402 e. The van der Waals surface area contributed by atoms with E-state index >= 15 is 0 Å². The van der Waals surface area contributed by atoms with Crippen LogP contribution in [0.1, 0.15) is 166 Å². The second kappa shape index (κ2) is 30.2. The molecule has 2 rings (SSSR count). The number of nitrogens with two attached hydrogens (primary N) is 4. The van der Waals surface area contributed by atoms with Gasteiger partial charge < -0.3 is 33.7 Å². The molecule has 280 valence electrons. The van der Waals surface area contributed by atoms with E-state index in [-0.39, 0.29) is 12.3 Å². The summed E-state index contributed by atoms with van der Waals surface area (Å²) in [6, 6.07) is -0.755. The van der Waals surface area contributed by atoms with Gasteiger partial charge in [-0.1, -0.05) is 85.5 Å². The third-order valence-electron chi connectivity index (χ3n) is 8.04. The number of unbranched alkanes of at least 4 members (excludes halogenated alkanes) is 5. The van der Waals surface area contributed by atoms with E-state index in [0.29, 0.717) is 41.6 Å². The van der Waals surface area contributed by atoms with Crippen LogP contribution in [0.3, 0.4) is 0 Å². The summed E-state index contributed by atoms with van der Waals surface area (Å²) in [6.45, 7) is 10.4. The molecule has 1 aromatic rings. The number of nitrogens with zero attached hydrogens (tertiary/aromatic N) is 1. The van der Waals surface area contributed by atoms with Gasteiger partial charge in [-0.3, -0.25) is 14.7 Å². The van der Waals surface area contributed by atoms with Crippen molar-refractivity contribution in [1.82, 2.24) is 15.5 Å². The summed E-state index contributed by atoms with van der Waals surface area (Å²) in [4.78, 5) is 21.7. The van der Waals surface area contributed by atoms with E-state index < -0.39 is 18.4 Å². The zero-order valence-corrected chi connectivity index (χ0v) is 31.0. The number of primary amides is 1. The third-order valence-corrected chi connectivity index (χ3v) is 8.04. The van der Waals surface area contributed by atoms with Gasteiger partial charge in [-0.25, -0.2) is 8.78 Å². The Bertz CT molecular complexity index is 1010. The second-order valence-electron chi connectivity index (χ2n) is 12.6. The fraction of sp³-hybridized carbons (Fsp3) is 0.778. The van der Waals surface area contributed by atoms with Crippen molar-refractivity contribution < 1.29 is 18.4 Å². The van der Waals surface area contributed by atoms with Gasteiger partial charge in [0.05, 0.1) is 12.5 Å². The number of nitrogens with one attached hydrogen (secondary N) is 3. The molecule has 2 atom stereocenters. The van der Waals surface area contributed by atoms with Crippen LogP contribution in [0.4, 0.5) is 8.78 Å². The van der Waals surface area contributed by atoms with E-state index in [4.69, 9.17) is 28.3 Å². The van der Waals surface area contributed by atoms with Gasteiger partial charge >= 0.3 is 0 Å². The van der Waals surface area contributed by atoms with Gasteiger partial charge in [0.25, 0.3) is 12.3 Å². The number of aromatic nitrogens is 2. The number of rotatable bonds is 17. The lowest BCUT2D eigenvalue weighted by Crippen LogP contribution is -2.33. The van der Waals surface area contributed by atoms with Crippen LogP contribution >= 0.6 is 0 Å². The first-order chi connectivity index (χ1) is 22.8. The van der Waals surface area contributed by atoms with Crippen LogP contribution in [0.5, 0.6) is 0 Å². The SMILES string of the molecule is CCC(=N)CC(=O)NC.CCCCCCCC(C)N.CCCCc1[nH]nc(C(N)=O)c1CCC.N/C1=C(\C(N)C(F)F)CCCCCC1. The molecule has 0 spiro atoms. The van der Waals surface area contributed by atoms with Crippen LogP contribution in [0.25, 0.3) is 0 Å². The molecule has 1 aliphatic rings. The summed E-state index contributed by atoms with van der Waals surface area (Å²) in [5.74, 6) is -0.515. The molecular weight excluding hydrogens is 614 g/mol. The molecule has 11 N–H and O–H groups in total. The molecule has 0 bridgehead atoms. The molecule has 0 aliphatic heterocycles. The Kier molecular flexibility index (Phi) is 29.7. The summed E-state index contributed by atoms with van der Waals surface area (Å²) in [5, 5.41) is 16.5. The number of aromatic amines is 1. The first-order valence-electron chi connectivity index (χ1n) is 18.2. The van der Waals surface area contributed by atoms with Gasteiger partial charge in [0.1, 0.15) is 0 Å². The Morgan fingerprint density at radius 1 is 0.917 bits per heavy atom. The first kappa shape index (κ1) is 47.3. The van der Waals surface area contributed by atoms with E-state index in [9.17, 15) is 18.4 Å². The van der Waals surface area contributed by atoms with Gasteiger partial charge in [0.15, 0.2) is 5.69 Å². The number of carbonyl (C=O) groups excluding carboxylic acids is 2. The van der Waals surface area contributed by atoms with E-state index in [1.54, 1.807) is 7.05 Å². The lowest BCUT2D eigenvalue weighted by Gasteiger charge is -2.20. The van der Waals surface area contributed by atoms with Gasteiger partial charge in [0.2, 0.25) is 5.91 Å². The van der Waals surface area contributed by atoms with Crippen molar-refractivity contribution in [2.45, 2.75) is 175 Å². The van der Waals surface area contributed by atoms with E-state index in [1.165, 1.54) is 38.5 Å². The molecule has 1 aromatic heterocycles. The summed E-state index contributed by atoms with van der Waals surface area (Å²) in [5.41, 5.74) is 26.2. The highest BCUT2D eigenvalue weighted by atomic mass is 19.3. The maximum absolute atomic E-state index is 12.4. The average molecular weight is 685 g/mol. The van der Waals surface area contributed by atoms with Crippen LogP contribution < -0.4 is 28.3 Å². The monoisotopic (exact) mass is 685 g/mol. The zero-order valence-electron chi connectivity index (χ0n) is 31.0. The minimum absolute atomic E-state index is 0.0816. The standard InChI is InChI=1S/C11H19N3O.C10H18F2N2.C9H21N.C6H12N2O/c1-3-5-7-9-8(6-4-2)10(11(12)15)14-13-9;11-10(12)9(14)7-5-3-1-2-4-6-8(7)13;1-3-4-5-6-7-8-9(2)10;1-3-5(7)4-6(9)8-2/h3-7H2,1-2H3,(H2,12,15)(H,13,14);9-10H,1-6,13-14H2;9H,3-8,10H2,1-2H3;7H,3-4H2,1-2H3,(H,8,9)/b;8-7-;;. The lowest BCUT2D eigenvalue weighted by atomic mass is 9.93. The minimum Gasteiger partial charge on any atom is -0.402 e. The van der Waals surface area contributed by atoms with Crippen LogP contribution in [0.2, 0.25) is 0 Å². The highest BCUT2D eigenvalue weighted by molar-refractivity contribution is 5.99. The molecule has 2 unspecified atom stereocenters. The lowest BCUT2D eigenvalue weighted by molar-refractivity contribution is -0.119. The second-order valence-corrected chi connectivity index (χ2v) is 12.6. The predicted octanol–water partition coefficient (Wildman–Crippen LogP) is 7.20. The van der Waals surface area contributed by atoms with Crippen LogP contribution in [-0.4, -0.2) is 53.3 Å². The molecule has 0 fully saturated rings. The fourth-order valence-electron chi connectivity index (χ4n) is 5.00. The number of carbonyl (C=O) groups is 2. The Balaban J connectivity index is 0. The Hall–Kier alpha value is -2.86. The third kappa shape index (κ3) is 23.5. The number of aryl methyl sites for hydroxylation is 1. The molecule has 12 heteroatoms. The Morgan fingerprint density at radius 3 is 2.02 bits per heavy atom. The molecule has 48 heavy (non-hydrogen) atoms. The molecule has 0 saturated heterocycles. The summed E-state index contributed by atoms with van der Waals surface area (Å²) in [7, 11) is 1.57. The molecule has 0 radical (unpaired) electrons. The number of hydrogen-bond acceptors (Lipinski definition) is 7. The predicted molar refractivity (Wildman–Crippen MR) is 196 cm³/mol. The topological polar surface area (TPSA) is 203 Å². The van der Waals surface area contributed by atoms with Crippen molar-refractivity contribution >= 4 is 17.5 Å². The van der Waals surface area contributed by atoms with E-state index in [1.807, 2.05) is 6.92 Å². The Morgan fingerprint density at radius 2 is 1.52 bits per heavy atom. The molecule has 0 aromatic carbocycles. The quantitative estimate of drug-likeness (QED) is 0.0667. The number of halogens is 2. The molecule has 10 nitrogen and oxygen atoms in total. The van der Waals surface area contributed by atoms with E-state index in [2.05, 4.69) is 43.2 Å². The van der Waals surface area contributed by atoms with Crippen molar-refractivity contribution in [3.05, 3.63) is 28.2 Å². The molecule has 1 aliphatic carbocycles. The smallest absolute Gasteiger partial charge is 0.269 e. The summed E-state index contributed by atoms with van der Waals surface area (Å²) < 4.78 is 24.8. The zero-order chi connectivity index (χ0) is 36.9. The highest BCUT2D eigenvalue weighted by Crippen LogP contribution is 2.24. The number of amides is 2. The van der Waals surface area contributed by atoms with Crippen LogP contribution in [0, 0.1) is 5.41 Å². The van der Waals surface area contributed by atoms with Crippen molar-refractivity contribution in [1.29, 1.82) is 5.41 Å². The van der Waals surface area contributed by atoms with Crippen molar-refractivity contribution in [3.63, 3.8) is 0 Å². The minimum atomic E-state index is -2.50. The number of alkyl halides is 2.